The number of aliphatic hydroxyl groups excluding tert-OH is 2. The molecule has 1 rings (SSSR count). The lowest BCUT2D eigenvalue weighted by atomic mass is 9.71. The van der Waals surface area contributed by atoms with Gasteiger partial charge in [0.15, 0.2) is 0 Å². The van der Waals surface area contributed by atoms with Gasteiger partial charge in [-0.3, -0.25) is 0 Å². The zero-order chi connectivity index (χ0) is 17.0. The maximum atomic E-state index is 9.98. The van der Waals surface area contributed by atoms with E-state index in [-0.39, 0.29) is 13.2 Å². The molecule has 0 aromatic rings. The number of hydrogen-bond donors (Lipinski definition) is 2. The van der Waals surface area contributed by atoms with Crippen LogP contribution in [0.1, 0.15) is 27.7 Å². The maximum absolute atomic E-state index is 9.98. The number of rotatable bonds is 9. The van der Waals surface area contributed by atoms with Crippen molar-refractivity contribution >= 4 is 23.0 Å². The quantitative estimate of drug-likeness (QED) is 0.527. The summed E-state index contributed by atoms with van der Waals surface area (Å²) < 4.78 is 21.9. The van der Waals surface area contributed by atoms with E-state index in [1.807, 2.05) is 27.7 Å². The topological polar surface area (TPSA) is 77.4 Å². The SMILES string of the molecule is [B][B]OC(C)(C)COC(C)(C)COC1C([B])OC(CO)C1O. The number of ether oxygens (including phenoxy) is 3. The van der Waals surface area contributed by atoms with E-state index in [0.717, 1.165) is 7.37 Å². The van der Waals surface area contributed by atoms with Gasteiger partial charge in [0.1, 0.15) is 26.2 Å². The first-order valence-electron chi connectivity index (χ1n) is 7.28. The Labute approximate surface area is 135 Å². The van der Waals surface area contributed by atoms with Crippen LogP contribution < -0.4 is 0 Å². The fraction of sp³-hybridized carbons (Fsp3) is 1.00. The molecule has 4 unspecified atom stereocenters. The molecule has 0 aromatic carbocycles. The van der Waals surface area contributed by atoms with Crippen LogP contribution in [0.3, 0.4) is 0 Å². The fourth-order valence-corrected chi connectivity index (χ4v) is 2.04. The molecule has 1 heterocycles. The van der Waals surface area contributed by atoms with E-state index in [2.05, 4.69) is 0 Å². The average Bonchev–Trinajstić information content (AvgIpc) is 2.69. The van der Waals surface area contributed by atoms with Crippen molar-refractivity contribution in [1.82, 2.24) is 0 Å². The molecule has 1 aliphatic heterocycles. The Hall–Kier alpha value is -0.0452. The standard InChI is InChI=1S/C13H24B3O6/c1-12(2,20-7-13(3,4)22-16-15)6-19-10-9(18)8(5-17)21-11(10)14/h8-11,17-18H,5-7H2,1-4H3. The highest BCUT2D eigenvalue weighted by Crippen LogP contribution is 2.24. The van der Waals surface area contributed by atoms with Crippen molar-refractivity contribution in [2.75, 3.05) is 19.8 Å². The van der Waals surface area contributed by atoms with Gasteiger partial charge in [-0.2, -0.15) is 0 Å². The zero-order valence-electron chi connectivity index (χ0n) is 13.7. The van der Waals surface area contributed by atoms with E-state index in [1.165, 1.54) is 0 Å². The van der Waals surface area contributed by atoms with E-state index in [1.54, 1.807) is 0 Å². The second kappa shape index (κ2) is 8.17. The van der Waals surface area contributed by atoms with Crippen LogP contribution in [0.4, 0.5) is 0 Å². The van der Waals surface area contributed by atoms with Gasteiger partial charge in [0, 0.05) is 6.00 Å². The third kappa shape index (κ3) is 5.87. The summed E-state index contributed by atoms with van der Waals surface area (Å²) in [6.07, 6.45) is -2.40. The van der Waals surface area contributed by atoms with Gasteiger partial charge in [0.05, 0.1) is 38.8 Å². The van der Waals surface area contributed by atoms with Crippen LogP contribution in [0.5, 0.6) is 0 Å². The minimum Gasteiger partial charge on any atom is -0.445 e. The van der Waals surface area contributed by atoms with E-state index in [4.69, 9.17) is 39.6 Å². The molecule has 5 radical (unpaired) electrons. The van der Waals surface area contributed by atoms with Gasteiger partial charge in [-0.05, 0) is 27.7 Å². The van der Waals surface area contributed by atoms with Crippen LogP contribution in [0.25, 0.3) is 0 Å². The number of aliphatic hydroxyl groups is 2. The van der Waals surface area contributed by atoms with Gasteiger partial charge in [-0.15, -0.1) is 0 Å². The molecular formula is C13H24B3O6. The lowest BCUT2D eigenvalue weighted by molar-refractivity contribution is -0.135. The van der Waals surface area contributed by atoms with Gasteiger partial charge in [0.25, 0.3) is 0 Å². The molecule has 0 amide bonds. The summed E-state index contributed by atoms with van der Waals surface area (Å²) in [6.45, 7) is 7.61. The zero-order valence-corrected chi connectivity index (χ0v) is 13.7. The van der Waals surface area contributed by atoms with Gasteiger partial charge in [-0.1, -0.05) is 0 Å². The fourth-order valence-electron chi connectivity index (χ4n) is 2.04. The van der Waals surface area contributed by atoms with Gasteiger partial charge in [-0.25, -0.2) is 0 Å². The molecule has 0 spiro atoms. The smallest absolute Gasteiger partial charge is 0.231 e. The van der Waals surface area contributed by atoms with Crippen molar-refractivity contribution in [3.63, 3.8) is 0 Å². The number of hydrogen-bond acceptors (Lipinski definition) is 6. The summed E-state index contributed by atoms with van der Waals surface area (Å²) in [5, 5.41) is 19.1. The van der Waals surface area contributed by atoms with Gasteiger partial charge < -0.3 is 29.1 Å². The highest BCUT2D eigenvalue weighted by molar-refractivity contribution is 6.85. The highest BCUT2D eigenvalue weighted by atomic mass is 16.6. The van der Waals surface area contributed by atoms with Crippen molar-refractivity contribution in [2.24, 2.45) is 0 Å². The Morgan fingerprint density at radius 1 is 1.18 bits per heavy atom. The molecule has 0 aromatic heterocycles. The highest BCUT2D eigenvalue weighted by Gasteiger charge is 2.42. The van der Waals surface area contributed by atoms with Gasteiger partial charge >= 0.3 is 0 Å². The lowest BCUT2D eigenvalue weighted by Crippen LogP contribution is -2.43. The predicted octanol–water partition coefficient (Wildman–Crippen LogP) is -1.09. The van der Waals surface area contributed by atoms with Crippen LogP contribution in [-0.2, 0) is 18.9 Å². The summed E-state index contributed by atoms with van der Waals surface area (Å²) in [7, 11) is 12.1. The van der Waals surface area contributed by atoms with Crippen molar-refractivity contribution < 1.29 is 29.1 Å². The Morgan fingerprint density at radius 3 is 2.32 bits per heavy atom. The molecule has 1 fully saturated rings. The first kappa shape index (κ1) is 20.0. The Bertz CT molecular complexity index is 342. The second-order valence-corrected chi connectivity index (χ2v) is 6.65. The molecule has 121 valence electrons. The third-order valence-electron chi connectivity index (χ3n) is 3.37. The molecule has 9 heteroatoms. The molecular weight excluding hydrogens is 285 g/mol. The van der Waals surface area contributed by atoms with Crippen LogP contribution in [0.2, 0.25) is 0 Å². The van der Waals surface area contributed by atoms with Crippen molar-refractivity contribution in [3.05, 3.63) is 0 Å². The first-order valence-corrected chi connectivity index (χ1v) is 7.28. The lowest BCUT2D eigenvalue weighted by Gasteiger charge is -2.33. The normalized spacial score (nSPS) is 29.7. The summed E-state index contributed by atoms with van der Waals surface area (Å²) >= 11 is 0. The Kier molecular flexibility index (Phi) is 7.43. The minimum atomic E-state index is -0.970. The van der Waals surface area contributed by atoms with E-state index < -0.39 is 35.5 Å². The van der Waals surface area contributed by atoms with Crippen molar-refractivity contribution in [1.29, 1.82) is 0 Å². The van der Waals surface area contributed by atoms with E-state index >= 15 is 0 Å². The summed E-state index contributed by atoms with van der Waals surface area (Å²) in [4.78, 5) is 0. The first-order chi connectivity index (χ1) is 10.1. The molecule has 1 aliphatic rings. The van der Waals surface area contributed by atoms with Crippen LogP contribution in [0.15, 0.2) is 0 Å². The summed E-state index contributed by atoms with van der Waals surface area (Å²) in [6, 6.07) is -0.783. The average molecular weight is 309 g/mol. The molecule has 22 heavy (non-hydrogen) atoms. The van der Waals surface area contributed by atoms with Crippen molar-refractivity contribution in [3.8, 4) is 0 Å². The van der Waals surface area contributed by atoms with Crippen molar-refractivity contribution in [2.45, 2.75) is 63.2 Å². The second-order valence-electron chi connectivity index (χ2n) is 6.65. The van der Waals surface area contributed by atoms with Crippen LogP contribution >= 0.6 is 0 Å². The largest absolute Gasteiger partial charge is 0.445 e. The molecule has 0 saturated carbocycles. The summed E-state index contributed by atoms with van der Waals surface area (Å²) in [5.41, 5.74) is -1.17. The molecule has 0 aliphatic carbocycles. The monoisotopic (exact) mass is 309 g/mol. The Balaban J connectivity index is 2.45. The molecule has 6 nitrogen and oxygen atoms in total. The third-order valence-corrected chi connectivity index (χ3v) is 3.37. The molecule has 1 saturated heterocycles. The maximum Gasteiger partial charge on any atom is 0.231 e. The van der Waals surface area contributed by atoms with E-state index in [0.29, 0.717) is 6.61 Å². The molecule has 2 N–H and O–H groups in total. The van der Waals surface area contributed by atoms with Crippen LogP contribution in [0, 0.1) is 0 Å². The molecule has 4 atom stereocenters. The van der Waals surface area contributed by atoms with Crippen LogP contribution in [-0.4, -0.2) is 88.5 Å². The summed E-state index contributed by atoms with van der Waals surface area (Å²) in [5.74, 6) is 0. The van der Waals surface area contributed by atoms with Gasteiger partial charge in [0.2, 0.25) is 7.37 Å². The Morgan fingerprint density at radius 2 is 1.82 bits per heavy atom. The predicted molar refractivity (Wildman–Crippen MR) is 84.0 cm³/mol. The van der Waals surface area contributed by atoms with E-state index in [9.17, 15) is 5.11 Å². The minimum absolute atomic E-state index is 0.201. The molecule has 0 bridgehead atoms.